The Labute approximate surface area is 155 Å². The van der Waals surface area contributed by atoms with Gasteiger partial charge in [0.15, 0.2) is 5.78 Å². The number of carbonyl (C=O) groups is 2. The van der Waals surface area contributed by atoms with Crippen LogP contribution in [0.3, 0.4) is 0 Å². The van der Waals surface area contributed by atoms with Crippen molar-refractivity contribution in [3.63, 3.8) is 0 Å². The van der Waals surface area contributed by atoms with Crippen LogP contribution in [0.4, 0.5) is 0 Å². The molecule has 1 N–H and O–H groups in total. The number of rotatable bonds is 4. The SMILES string of the molecule is CC(=O)NCC(=Cc1ccc2c(c1)C(=O)CC2)B1OC(C)(C)C(C)(C)O1. The summed E-state index contributed by atoms with van der Waals surface area (Å²) in [6, 6.07) is 5.92. The summed E-state index contributed by atoms with van der Waals surface area (Å²) in [7, 11) is -0.546. The number of aryl methyl sites for hydroxylation is 1. The Morgan fingerprint density at radius 1 is 1.19 bits per heavy atom. The number of carbonyl (C=O) groups excluding carboxylic acids is 2. The quantitative estimate of drug-likeness (QED) is 0.844. The Bertz CT molecular complexity index is 766. The molecule has 1 aromatic rings. The van der Waals surface area contributed by atoms with Crippen molar-refractivity contribution in [2.45, 2.75) is 58.7 Å². The van der Waals surface area contributed by atoms with Gasteiger partial charge in [0.05, 0.1) is 11.2 Å². The maximum atomic E-state index is 12.0. The Kier molecular flexibility index (Phi) is 4.84. The molecule has 1 heterocycles. The van der Waals surface area contributed by atoms with Gasteiger partial charge in [0.1, 0.15) is 0 Å². The minimum atomic E-state index is -0.546. The third-order valence-corrected chi connectivity index (χ3v) is 5.51. The van der Waals surface area contributed by atoms with Crippen LogP contribution in [0.15, 0.2) is 23.7 Å². The van der Waals surface area contributed by atoms with Crippen LogP contribution in [-0.2, 0) is 20.5 Å². The minimum absolute atomic E-state index is 0.114. The van der Waals surface area contributed by atoms with E-state index in [4.69, 9.17) is 9.31 Å². The lowest BCUT2D eigenvalue weighted by atomic mass is 9.76. The van der Waals surface area contributed by atoms with Gasteiger partial charge in [0, 0.05) is 25.5 Å². The van der Waals surface area contributed by atoms with Gasteiger partial charge in [-0.2, -0.15) is 0 Å². The smallest absolute Gasteiger partial charge is 0.400 e. The number of fused-ring (bicyclic) bond motifs is 1. The molecule has 1 aliphatic carbocycles. The maximum absolute atomic E-state index is 12.0. The van der Waals surface area contributed by atoms with Crippen molar-refractivity contribution < 1.29 is 18.9 Å². The highest BCUT2D eigenvalue weighted by atomic mass is 16.7. The molecule has 0 bridgehead atoms. The van der Waals surface area contributed by atoms with Crippen molar-refractivity contribution in [1.29, 1.82) is 0 Å². The van der Waals surface area contributed by atoms with Crippen LogP contribution in [0.1, 0.15) is 62.5 Å². The standard InChI is InChI=1S/C20H26BNO4/c1-13(23)22-12-16(21-25-19(2,3)20(4,5)26-21)10-14-6-7-15-8-9-18(24)17(15)11-14/h6-7,10-11H,8-9,12H2,1-5H3,(H,22,23). The molecule has 1 aliphatic heterocycles. The lowest BCUT2D eigenvalue weighted by Gasteiger charge is -2.32. The Morgan fingerprint density at radius 3 is 2.46 bits per heavy atom. The molecule has 5 nitrogen and oxygen atoms in total. The van der Waals surface area contributed by atoms with Crippen LogP contribution in [0.5, 0.6) is 0 Å². The van der Waals surface area contributed by atoms with Crippen molar-refractivity contribution in [2.24, 2.45) is 0 Å². The number of nitrogens with one attached hydrogen (secondary N) is 1. The first-order valence-corrected chi connectivity index (χ1v) is 9.06. The number of amides is 1. The highest BCUT2D eigenvalue weighted by Gasteiger charge is 2.52. The average Bonchev–Trinajstić information content (AvgIpc) is 3.00. The number of Topliss-reactive ketones (excluding diaryl/α,β-unsaturated/α-hetero) is 1. The summed E-state index contributed by atoms with van der Waals surface area (Å²) in [5, 5.41) is 2.82. The summed E-state index contributed by atoms with van der Waals surface area (Å²) in [4.78, 5) is 23.4. The molecule has 0 spiro atoms. The molecule has 1 amide bonds. The highest BCUT2D eigenvalue weighted by molar-refractivity contribution is 6.56. The normalized spacial score (nSPS) is 21.0. The van der Waals surface area contributed by atoms with E-state index >= 15 is 0 Å². The molecule has 0 unspecified atom stereocenters. The van der Waals surface area contributed by atoms with Crippen molar-refractivity contribution in [3.8, 4) is 0 Å². The molecule has 1 aromatic carbocycles. The largest absolute Gasteiger partial charge is 0.492 e. The molecular formula is C20H26BNO4. The topological polar surface area (TPSA) is 64.6 Å². The van der Waals surface area contributed by atoms with Crippen LogP contribution in [-0.4, -0.2) is 36.6 Å². The Morgan fingerprint density at radius 2 is 1.85 bits per heavy atom. The van der Waals surface area contributed by atoms with Gasteiger partial charge < -0.3 is 14.6 Å². The summed E-state index contributed by atoms with van der Waals surface area (Å²) in [6.45, 7) is 9.80. The zero-order chi connectivity index (χ0) is 19.1. The second-order valence-corrected chi connectivity index (χ2v) is 8.06. The predicted octanol–water partition coefficient (Wildman–Crippen LogP) is 2.97. The van der Waals surface area contributed by atoms with Crippen LogP contribution in [0.2, 0.25) is 0 Å². The maximum Gasteiger partial charge on any atom is 0.492 e. The van der Waals surface area contributed by atoms with E-state index in [0.29, 0.717) is 13.0 Å². The summed E-state index contributed by atoms with van der Waals surface area (Å²) in [6.07, 6.45) is 3.34. The lowest BCUT2D eigenvalue weighted by molar-refractivity contribution is -0.118. The van der Waals surface area contributed by atoms with Gasteiger partial charge in [-0.05, 0) is 56.8 Å². The van der Waals surface area contributed by atoms with Gasteiger partial charge >= 0.3 is 7.12 Å². The molecule has 0 atom stereocenters. The second-order valence-electron chi connectivity index (χ2n) is 8.06. The van der Waals surface area contributed by atoms with E-state index in [1.54, 1.807) is 0 Å². The van der Waals surface area contributed by atoms with Crippen molar-refractivity contribution in [2.75, 3.05) is 6.54 Å². The van der Waals surface area contributed by atoms with Crippen LogP contribution in [0.25, 0.3) is 6.08 Å². The van der Waals surface area contributed by atoms with Gasteiger partial charge in [-0.15, -0.1) is 0 Å². The molecule has 1 fully saturated rings. The van der Waals surface area contributed by atoms with Crippen LogP contribution < -0.4 is 5.32 Å². The molecule has 138 valence electrons. The van der Waals surface area contributed by atoms with E-state index in [2.05, 4.69) is 5.32 Å². The molecule has 0 saturated carbocycles. The fourth-order valence-corrected chi connectivity index (χ4v) is 3.18. The third kappa shape index (κ3) is 3.62. The minimum Gasteiger partial charge on any atom is -0.400 e. The molecular weight excluding hydrogens is 329 g/mol. The monoisotopic (exact) mass is 355 g/mol. The first-order chi connectivity index (χ1) is 12.1. The number of hydrogen-bond donors (Lipinski definition) is 1. The highest BCUT2D eigenvalue weighted by Crippen LogP contribution is 2.38. The molecule has 0 aromatic heterocycles. The first kappa shape index (κ1) is 18.9. The lowest BCUT2D eigenvalue weighted by Crippen LogP contribution is -2.41. The van der Waals surface area contributed by atoms with Gasteiger partial charge in [-0.1, -0.05) is 18.2 Å². The van der Waals surface area contributed by atoms with E-state index in [1.807, 2.05) is 52.0 Å². The third-order valence-electron chi connectivity index (χ3n) is 5.51. The zero-order valence-electron chi connectivity index (χ0n) is 16.1. The zero-order valence-corrected chi connectivity index (χ0v) is 16.1. The van der Waals surface area contributed by atoms with Gasteiger partial charge in [0.2, 0.25) is 5.91 Å². The van der Waals surface area contributed by atoms with Crippen LogP contribution >= 0.6 is 0 Å². The second kappa shape index (κ2) is 6.67. The molecule has 3 rings (SSSR count). The molecule has 2 aliphatic rings. The molecule has 1 saturated heterocycles. The fraction of sp³-hybridized carbons (Fsp3) is 0.500. The van der Waals surface area contributed by atoms with Gasteiger partial charge in [0.25, 0.3) is 0 Å². The van der Waals surface area contributed by atoms with E-state index in [9.17, 15) is 9.59 Å². The first-order valence-electron chi connectivity index (χ1n) is 9.06. The van der Waals surface area contributed by atoms with Crippen molar-refractivity contribution >= 4 is 24.9 Å². The summed E-state index contributed by atoms with van der Waals surface area (Å²) in [5.41, 5.74) is 2.72. The van der Waals surface area contributed by atoms with E-state index in [-0.39, 0.29) is 11.7 Å². The average molecular weight is 355 g/mol. The number of hydrogen-bond acceptors (Lipinski definition) is 4. The number of benzene rings is 1. The molecule has 26 heavy (non-hydrogen) atoms. The van der Waals surface area contributed by atoms with E-state index in [0.717, 1.165) is 28.6 Å². The fourth-order valence-electron chi connectivity index (χ4n) is 3.18. The summed E-state index contributed by atoms with van der Waals surface area (Å²) >= 11 is 0. The molecule has 0 radical (unpaired) electrons. The summed E-state index contributed by atoms with van der Waals surface area (Å²) < 4.78 is 12.3. The summed E-state index contributed by atoms with van der Waals surface area (Å²) in [5.74, 6) is 0.0749. The van der Waals surface area contributed by atoms with Gasteiger partial charge in [-0.25, -0.2) is 0 Å². The van der Waals surface area contributed by atoms with E-state index in [1.165, 1.54) is 6.92 Å². The Hall–Kier alpha value is -1.92. The van der Waals surface area contributed by atoms with Crippen molar-refractivity contribution in [3.05, 3.63) is 40.4 Å². The van der Waals surface area contributed by atoms with Gasteiger partial charge in [-0.3, -0.25) is 9.59 Å². The molecule has 6 heteroatoms. The Balaban J connectivity index is 1.92. The van der Waals surface area contributed by atoms with Crippen molar-refractivity contribution in [1.82, 2.24) is 5.32 Å². The predicted molar refractivity (Wildman–Crippen MR) is 102 cm³/mol. The van der Waals surface area contributed by atoms with Crippen LogP contribution in [0, 0.1) is 0 Å². The van der Waals surface area contributed by atoms with E-state index < -0.39 is 18.3 Å². The number of ketones is 1.